The summed E-state index contributed by atoms with van der Waals surface area (Å²) in [5.74, 6) is 2.99. The van der Waals surface area contributed by atoms with Crippen molar-refractivity contribution < 1.29 is 37.6 Å². The van der Waals surface area contributed by atoms with Crippen LogP contribution < -0.4 is 24.3 Å². The highest BCUT2D eigenvalue weighted by atomic mass is 19.1. The maximum absolute atomic E-state index is 17.7. The van der Waals surface area contributed by atoms with Gasteiger partial charge in [-0.3, -0.25) is 4.57 Å². The Balaban J connectivity index is 1.14. The second-order valence-corrected chi connectivity index (χ2v) is 15.4. The van der Waals surface area contributed by atoms with Crippen molar-refractivity contribution in [3.05, 3.63) is 204 Å². The summed E-state index contributed by atoms with van der Waals surface area (Å²) in [6.45, 7) is 0. The zero-order valence-electron chi connectivity index (χ0n) is 36.1. The lowest BCUT2D eigenvalue weighted by molar-refractivity contribution is -0.131. The first kappa shape index (κ1) is 42.7. The van der Waals surface area contributed by atoms with E-state index in [1.807, 2.05) is 158 Å². The second-order valence-electron chi connectivity index (χ2n) is 15.4. The van der Waals surface area contributed by atoms with Crippen LogP contribution in [0.5, 0.6) is 23.0 Å². The van der Waals surface area contributed by atoms with E-state index in [4.69, 9.17) is 38.4 Å². The Morgan fingerprint density at radius 2 is 1.02 bits per heavy atom. The van der Waals surface area contributed by atoms with E-state index in [1.165, 1.54) is 17.2 Å². The molecule has 12 nitrogen and oxygen atoms in total. The number of carbonyl (C=O) groups excluding carboxylic acids is 1. The van der Waals surface area contributed by atoms with Gasteiger partial charge in [0.15, 0.2) is 35.7 Å². The Morgan fingerprint density at radius 3 is 1.48 bits per heavy atom. The van der Waals surface area contributed by atoms with Crippen LogP contribution in [0.3, 0.4) is 0 Å². The number of carbonyl (C=O) groups is 1. The number of aldehydes is 1. The predicted octanol–water partition coefficient (Wildman–Crippen LogP) is 9.08. The molecule has 1 saturated heterocycles. The molecular formula is C52H46FN5O7. The van der Waals surface area contributed by atoms with Gasteiger partial charge >= 0.3 is 0 Å². The number of aromatic nitrogens is 4. The van der Waals surface area contributed by atoms with Crippen LogP contribution in [-0.2, 0) is 25.4 Å². The first-order valence-corrected chi connectivity index (χ1v) is 20.9. The summed E-state index contributed by atoms with van der Waals surface area (Å²) in [5.41, 5.74) is 2.79. The molecule has 6 aromatic carbocycles. The SMILES string of the molecule is COc1ccc(C(Nc2ncnc3c2ncn3[C@@H]2OC(C=O)[C@@H](OC(c3ccccc3)(c3ccc(OC)cc3)c3ccc(OC)cc3)[C@H]2F)(c2ccccc2)c2ccc(OC)cc2)cc1. The van der Waals surface area contributed by atoms with Gasteiger partial charge in [0.25, 0.3) is 0 Å². The van der Waals surface area contributed by atoms with Gasteiger partial charge in [0.05, 0.1) is 34.8 Å². The van der Waals surface area contributed by atoms with Gasteiger partial charge in [0, 0.05) is 0 Å². The Morgan fingerprint density at radius 1 is 0.585 bits per heavy atom. The predicted molar refractivity (Wildman–Crippen MR) is 243 cm³/mol. The lowest BCUT2D eigenvalue weighted by Gasteiger charge is -2.39. The molecule has 8 aromatic rings. The summed E-state index contributed by atoms with van der Waals surface area (Å²) in [6, 6.07) is 49.8. The molecular weight excluding hydrogens is 826 g/mol. The number of anilines is 1. The molecule has 0 aliphatic carbocycles. The molecule has 4 atom stereocenters. The van der Waals surface area contributed by atoms with Gasteiger partial charge in [0.1, 0.15) is 52.7 Å². The van der Waals surface area contributed by atoms with Crippen molar-refractivity contribution >= 4 is 23.3 Å². The molecule has 0 spiro atoms. The average Bonchev–Trinajstić information content (AvgIpc) is 3.95. The maximum Gasteiger partial charge on any atom is 0.174 e. The minimum absolute atomic E-state index is 0.270. The van der Waals surface area contributed by atoms with E-state index in [0.717, 1.165) is 16.7 Å². The molecule has 1 unspecified atom stereocenters. The molecule has 0 saturated carbocycles. The largest absolute Gasteiger partial charge is 0.497 e. The van der Waals surface area contributed by atoms with Crippen molar-refractivity contribution in [2.24, 2.45) is 0 Å². The van der Waals surface area contributed by atoms with E-state index in [2.05, 4.69) is 10.3 Å². The fourth-order valence-electron chi connectivity index (χ4n) is 8.74. The lowest BCUT2D eigenvalue weighted by Crippen LogP contribution is -2.43. The van der Waals surface area contributed by atoms with Gasteiger partial charge in [-0.15, -0.1) is 0 Å². The summed E-state index contributed by atoms with van der Waals surface area (Å²) in [5, 5.41) is 3.76. The molecule has 0 amide bonds. The number of halogens is 1. The summed E-state index contributed by atoms with van der Waals surface area (Å²) in [6.07, 6.45) is -2.58. The average molecular weight is 872 g/mol. The zero-order valence-corrected chi connectivity index (χ0v) is 36.1. The van der Waals surface area contributed by atoms with E-state index in [0.29, 0.717) is 57.3 Å². The first-order chi connectivity index (χ1) is 31.9. The second kappa shape index (κ2) is 18.2. The number of alkyl halides is 1. The van der Waals surface area contributed by atoms with Gasteiger partial charge in [-0.2, -0.15) is 0 Å². The molecule has 328 valence electrons. The van der Waals surface area contributed by atoms with E-state index in [1.54, 1.807) is 28.4 Å². The van der Waals surface area contributed by atoms with Crippen LogP contribution >= 0.6 is 0 Å². The minimum atomic E-state index is -1.89. The Bertz CT molecular complexity index is 2750. The van der Waals surface area contributed by atoms with Crippen LogP contribution in [0.15, 0.2) is 170 Å². The Labute approximate surface area is 375 Å². The standard InChI is InChI=1S/C52H46FN5O7/c1-60-40-23-15-35(16-24-40)51(34-11-7-5-8-12-34,36-17-25-41(61-2)26-18-36)57-48-46-49(55-32-54-48)58(33-56-46)50-45(53)47(44(31-59)64-50)65-52(37-13-9-6-10-14-37,38-19-27-42(62-3)28-20-38)39-21-29-43(63-4)30-22-39/h5-33,44-45,47,50H,1-4H3,(H,54,55,57)/t44?,45-,47-,50-/m1/s1. The fraction of sp³-hybridized carbons (Fsp3) is 0.192. The highest BCUT2D eigenvalue weighted by molar-refractivity contribution is 5.84. The topological polar surface area (TPSA) is 128 Å². The summed E-state index contributed by atoms with van der Waals surface area (Å²) < 4.78 is 54.7. The van der Waals surface area contributed by atoms with Crippen LogP contribution in [0.25, 0.3) is 11.2 Å². The van der Waals surface area contributed by atoms with E-state index in [9.17, 15) is 4.79 Å². The molecule has 65 heavy (non-hydrogen) atoms. The summed E-state index contributed by atoms with van der Waals surface area (Å²) in [7, 11) is 6.42. The van der Waals surface area contributed by atoms with Crippen LogP contribution in [0.2, 0.25) is 0 Å². The lowest BCUT2D eigenvalue weighted by atomic mass is 9.77. The van der Waals surface area contributed by atoms with Crippen LogP contribution in [0.4, 0.5) is 10.2 Å². The summed E-state index contributed by atoms with van der Waals surface area (Å²) in [4.78, 5) is 27.1. The van der Waals surface area contributed by atoms with Gasteiger partial charge in [0.2, 0.25) is 0 Å². The van der Waals surface area contributed by atoms with Crippen LogP contribution in [-0.4, -0.2) is 72.6 Å². The number of benzene rings is 6. The number of nitrogens with zero attached hydrogens (tertiary/aromatic N) is 4. The third-order valence-corrected chi connectivity index (χ3v) is 12.0. The van der Waals surface area contributed by atoms with Gasteiger partial charge < -0.3 is 38.5 Å². The van der Waals surface area contributed by atoms with Gasteiger partial charge in [-0.1, -0.05) is 109 Å². The molecule has 1 aliphatic rings. The van der Waals surface area contributed by atoms with E-state index in [-0.39, 0.29) is 5.65 Å². The number of methoxy groups -OCH3 is 4. The highest BCUT2D eigenvalue weighted by Gasteiger charge is 2.53. The van der Waals surface area contributed by atoms with Crippen molar-refractivity contribution in [1.82, 2.24) is 19.5 Å². The number of hydrogen-bond acceptors (Lipinski definition) is 11. The number of fused-ring (bicyclic) bond motifs is 1. The van der Waals surface area contributed by atoms with Gasteiger partial charge in [-0.25, -0.2) is 19.3 Å². The third kappa shape index (κ3) is 7.68. The molecule has 0 radical (unpaired) electrons. The van der Waals surface area contributed by atoms with Crippen molar-refractivity contribution in [1.29, 1.82) is 0 Å². The molecule has 13 heteroatoms. The highest BCUT2D eigenvalue weighted by Crippen LogP contribution is 2.47. The molecule has 1 aliphatic heterocycles. The molecule has 1 N–H and O–H groups in total. The Kier molecular flexibility index (Phi) is 12.0. The molecule has 9 rings (SSSR count). The number of hydrogen-bond donors (Lipinski definition) is 1. The fourth-order valence-corrected chi connectivity index (χ4v) is 8.74. The maximum atomic E-state index is 17.7. The number of ether oxygens (including phenoxy) is 6. The monoisotopic (exact) mass is 871 g/mol. The van der Waals surface area contributed by atoms with Crippen molar-refractivity contribution in [3.8, 4) is 23.0 Å². The normalized spacial score (nSPS) is 17.4. The number of rotatable bonds is 16. The number of imidazole rings is 1. The third-order valence-electron chi connectivity index (χ3n) is 12.0. The molecule has 0 bridgehead atoms. The van der Waals surface area contributed by atoms with Crippen LogP contribution in [0, 0.1) is 0 Å². The smallest absolute Gasteiger partial charge is 0.174 e. The zero-order chi connectivity index (χ0) is 45.0. The van der Waals surface area contributed by atoms with Crippen molar-refractivity contribution in [2.45, 2.75) is 35.7 Å². The minimum Gasteiger partial charge on any atom is -0.497 e. The molecule has 1 fully saturated rings. The van der Waals surface area contributed by atoms with Gasteiger partial charge in [-0.05, 0) is 81.9 Å². The first-order valence-electron chi connectivity index (χ1n) is 20.9. The molecule has 2 aromatic heterocycles. The van der Waals surface area contributed by atoms with E-state index < -0.39 is 35.7 Å². The van der Waals surface area contributed by atoms with Crippen molar-refractivity contribution in [3.63, 3.8) is 0 Å². The molecule has 3 heterocycles. The van der Waals surface area contributed by atoms with E-state index >= 15 is 4.39 Å². The number of nitrogens with one attached hydrogen (secondary N) is 1. The Hall–Kier alpha value is -7.61. The quantitative estimate of drug-likeness (QED) is 0.0738. The summed E-state index contributed by atoms with van der Waals surface area (Å²) >= 11 is 0. The van der Waals surface area contributed by atoms with Crippen LogP contribution in [0.1, 0.15) is 39.6 Å². The van der Waals surface area contributed by atoms with Crippen molar-refractivity contribution in [2.75, 3.05) is 33.8 Å².